The molecule has 0 bridgehead atoms. The molecule has 0 saturated carbocycles. The third-order valence-electron chi connectivity index (χ3n) is 1.26. The molecule has 0 saturated heterocycles. The van der Waals surface area contributed by atoms with Gasteiger partial charge in [-0.2, -0.15) is 4.20 Å². The summed E-state index contributed by atoms with van der Waals surface area (Å²) in [6.07, 6.45) is 0.648. The Kier molecular flexibility index (Phi) is 3.05. The van der Waals surface area contributed by atoms with E-state index in [0.717, 1.165) is 6.66 Å². The Morgan fingerprint density at radius 1 is 1.60 bits per heavy atom. The summed E-state index contributed by atoms with van der Waals surface area (Å²) in [5, 5.41) is 0. The van der Waals surface area contributed by atoms with E-state index in [-0.39, 0.29) is 0 Å². The van der Waals surface area contributed by atoms with Gasteiger partial charge in [-0.3, -0.25) is 9.09 Å². The zero-order valence-corrected chi connectivity index (χ0v) is 7.74. The van der Waals surface area contributed by atoms with Crippen molar-refractivity contribution in [1.29, 1.82) is 0 Å². The van der Waals surface area contributed by atoms with Gasteiger partial charge in [0, 0.05) is 6.66 Å². The molecule has 10 heavy (non-hydrogen) atoms. The molecule has 0 aromatic rings. The highest BCUT2D eigenvalue weighted by atomic mass is 31.2. The average Bonchev–Trinajstić information content (AvgIpc) is 1.60. The molecule has 4 heteroatoms. The van der Waals surface area contributed by atoms with Crippen LogP contribution in [0.15, 0.2) is 0 Å². The molecule has 62 valence electrons. The molecule has 0 radical (unpaired) electrons. The standard InChI is InChI=1S/C6H14FO2P/c1-5-6(2,3)9-10(4,7)8/h5H2,1-4H3. The second-order valence-corrected chi connectivity index (χ2v) is 4.63. The van der Waals surface area contributed by atoms with E-state index in [2.05, 4.69) is 4.52 Å². The van der Waals surface area contributed by atoms with E-state index in [9.17, 15) is 8.76 Å². The van der Waals surface area contributed by atoms with E-state index in [1.807, 2.05) is 6.92 Å². The third kappa shape index (κ3) is 4.95. The van der Waals surface area contributed by atoms with Gasteiger partial charge in [0.05, 0.1) is 5.60 Å². The summed E-state index contributed by atoms with van der Waals surface area (Å²) in [6.45, 7) is 6.26. The number of halogens is 1. The molecule has 1 atom stereocenters. The van der Waals surface area contributed by atoms with Crippen molar-refractivity contribution in [3.05, 3.63) is 0 Å². The Hall–Kier alpha value is 0.120. The molecule has 0 aromatic carbocycles. The third-order valence-corrected chi connectivity index (χ3v) is 2.08. The first kappa shape index (κ1) is 10.1. The predicted molar refractivity (Wildman–Crippen MR) is 40.1 cm³/mol. The molecule has 0 fully saturated rings. The van der Waals surface area contributed by atoms with Crippen LogP contribution in [0.25, 0.3) is 0 Å². The number of hydrogen-bond acceptors (Lipinski definition) is 2. The fourth-order valence-electron chi connectivity index (χ4n) is 0.506. The van der Waals surface area contributed by atoms with Gasteiger partial charge < -0.3 is 0 Å². The minimum absolute atomic E-state index is 0.612. The Balaban J connectivity index is 4.02. The monoisotopic (exact) mass is 168 g/mol. The first-order valence-corrected chi connectivity index (χ1v) is 5.21. The van der Waals surface area contributed by atoms with Crippen molar-refractivity contribution in [3.8, 4) is 0 Å². The van der Waals surface area contributed by atoms with Gasteiger partial charge in [-0.25, -0.2) is 0 Å². The van der Waals surface area contributed by atoms with Crippen molar-refractivity contribution < 1.29 is 13.3 Å². The van der Waals surface area contributed by atoms with Crippen LogP contribution in [0.3, 0.4) is 0 Å². The Morgan fingerprint density at radius 2 is 2.00 bits per heavy atom. The van der Waals surface area contributed by atoms with Crippen molar-refractivity contribution in [2.75, 3.05) is 6.66 Å². The maximum Gasteiger partial charge on any atom is 0.365 e. The molecule has 0 N–H and O–H groups in total. The SMILES string of the molecule is CCC(C)(C)OP(C)(=O)F. The van der Waals surface area contributed by atoms with E-state index in [1.165, 1.54) is 0 Å². The fourth-order valence-corrected chi connectivity index (χ4v) is 1.52. The van der Waals surface area contributed by atoms with Crippen LogP contribution in [0.4, 0.5) is 4.20 Å². The lowest BCUT2D eigenvalue weighted by molar-refractivity contribution is 0.0997. The highest BCUT2D eigenvalue weighted by Crippen LogP contribution is 2.48. The number of hydrogen-bond donors (Lipinski definition) is 0. The fraction of sp³-hybridized carbons (Fsp3) is 1.00. The minimum Gasteiger partial charge on any atom is -0.300 e. The van der Waals surface area contributed by atoms with E-state index in [4.69, 9.17) is 0 Å². The van der Waals surface area contributed by atoms with Crippen LogP contribution in [0.5, 0.6) is 0 Å². The van der Waals surface area contributed by atoms with Gasteiger partial charge >= 0.3 is 7.68 Å². The van der Waals surface area contributed by atoms with Gasteiger partial charge in [-0.1, -0.05) is 6.92 Å². The summed E-state index contributed by atoms with van der Waals surface area (Å²) in [6, 6.07) is 0. The molecule has 2 nitrogen and oxygen atoms in total. The zero-order valence-electron chi connectivity index (χ0n) is 6.85. The summed E-state index contributed by atoms with van der Waals surface area (Å²) in [4.78, 5) is 0. The molecular weight excluding hydrogens is 154 g/mol. The average molecular weight is 168 g/mol. The largest absolute Gasteiger partial charge is 0.365 e. The van der Waals surface area contributed by atoms with Crippen molar-refractivity contribution in [2.24, 2.45) is 0 Å². The van der Waals surface area contributed by atoms with Gasteiger partial charge in [0.1, 0.15) is 0 Å². The van der Waals surface area contributed by atoms with Crippen LogP contribution in [0.2, 0.25) is 0 Å². The van der Waals surface area contributed by atoms with Gasteiger partial charge in [-0.15, -0.1) is 0 Å². The lowest BCUT2D eigenvalue weighted by Crippen LogP contribution is -2.20. The molecule has 0 spiro atoms. The Labute approximate surface area is 61.3 Å². The molecule has 0 aromatic heterocycles. The first-order valence-electron chi connectivity index (χ1n) is 3.25. The van der Waals surface area contributed by atoms with Crippen LogP contribution in [-0.4, -0.2) is 12.3 Å². The second kappa shape index (κ2) is 3.02. The zero-order chi connectivity index (χ0) is 8.41. The summed E-state index contributed by atoms with van der Waals surface area (Å²) >= 11 is 0. The lowest BCUT2D eigenvalue weighted by Gasteiger charge is -2.23. The van der Waals surface area contributed by atoms with Crippen LogP contribution in [0.1, 0.15) is 27.2 Å². The van der Waals surface area contributed by atoms with E-state index >= 15 is 0 Å². The molecule has 0 amide bonds. The summed E-state index contributed by atoms with van der Waals surface area (Å²) < 4.78 is 27.6. The van der Waals surface area contributed by atoms with Crippen LogP contribution < -0.4 is 0 Å². The molecule has 0 aliphatic carbocycles. The summed E-state index contributed by atoms with van der Waals surface area (Å²) in [5.41, 5.74) is -0.612. The maximum absolute atomic E-state index is 12.4. The minimum atomic E-state index is -3.80. The van der Waals surface area contributed by atoms with Crippen LogP contribution in [0, 0.1) is 0 Å². The van der Waals surface area contributed by atoms with E-state index in [1.54, 1.807) is 13.8 Å². The van der Waals surface area contributed by atoms with Crippen LogP contribution >= 0.6 is 7.68 Å². The number of rotatable bonds is 3. The predicted octanol–water partition coefficient (Wildman–Crippen LogP) is 2.98. The molecule has 1 unspecified atom stereocenters. The first-order chi connectivity index (χ1) is 4.27. The molecule has 0 aliphatic heterocycles. The van der Waals surface area contributed by atoms with Gasteiger partial charge in [0.15, 0.2) is 0 Å². The molecule has 0 rings (SSSR count). The Bertz CT molecular complexity index is 150. The van der Waals surface area contributed by atoms with Crippen LogP contribution in [-0.2, 0) is 9.09 Å². The maximum atomic E-state index is 12.4. The molecule has 0 heterocycles. The summed E-state index contributed by atoms with van der Waals surface area (Å²) in [5.74, 6) is 0. The molecular formula is C6H14FO2P. The topological polar surface area (TPSA) is 26.3 Å². The Morgan fingerprint density at radius 3 is 2.10 bits per heavy atom. The summed E-state index contributed by atoms with van der Waals surface area (Å²) in [7, 11) is -3.80. The van der Waals surface area contributed by atoms with Crippen molar-refractivity contribution >= 4 is 7.68 Å². The highest BCUT2D eigenvalue weighted by molar-refractivity contribution is 7.52. The highest BCUT2D eigenvalue weighted by Gasteiger charge is 2.25. The van der Waals surface area contributed by atoms with Gasteiger partial charge in [0.25, 0.3) is 0 Å². The van der Waals surface area contributed by atoms with Crippen molar-refractivity contribution in [2.45, 2.75) is 32.8 Å². The van der Waals surface area contributed by atoms with Crippen molar-refractivity contribution in [3.63, 3.8) is 0 Å². The second-order valence-electron chi connectivity index (χ2n) is 2.95. The quantitative estimate of drug-likeness (QED) is 0.605. The van der Waals surface area contributed by atoms with E-state index < -0.39 is 13.3 Å². The lowest BCUT2D eigenvalue weighted by atomic mass is 10.1. The van der Waals surface area contributed by atoms with Gasteiger partial charge in [-0.05, 0) is 20.3 Å². The normalized spacial score (nSPS) is 18.5. The van der Waals surface area contributed by atoms with Crippen molar-refractivity contribution in [1.82, 2.24) is 0 Å². The van der Waals surface area contributed by atoms with Gasteiger partial charge in [0.2, 0.25) is 0 Å². The molecule has 0 aliphatic rings. The van der Waals surface area contributed by atoms with E-state index in [0.29, 0.717) is 6.42 Å². The smallest absolute Gasteiger partial charge is 0.300 e.